The molecule has 0 saturated heterocycles. The van der Waals surface area contributed by atoms with E-state index < -0.39 is 5.97 Å². The van der Waals surface area contributed by atoms with Crippen molar-refractivity contribution >= 4 is 34.6 Å². The number of carboxylic acids is 1. The number of amides is 1. The van der Waals surface area contributed by atoms with Gasteiger partial charge in [-0.05, 0) is 25.5 Å². The van der Waals surface area contributed by atoms with Crippen molar-refractivity contribution in [3.8, 4) is 0 Å². The zero-order valence-electron chi connectivity index (χ0n) is 11.1. The molecule has 106 valence electrons. The van der Waals surface area contributed by atoms with Crippen molar-refractivity contribution in [2.75, 3.05) is 0 Å². The van der Waals surface area contributed by atoms with Gasteiger partial charge in [-0.1, -0.05) is 6.92 Å². The molecule has 2 N–H and O–H groups in total. The molecule has 0 saturated carbocycles. The molecule has 2 heterocycles. The van der Waals surface area contributed by atoms with Gasteiger partial charge in [-0.3, -0.25) is 4.79 Å². The maximum Gasteiger partial charge on any atom is 0.347 e. The second-order valence-corrected chi connectivity index (χ2v) is 6.38. The Balaban J connectivity index is 1.99. The number of carbonyl (C=O) groups is 2. The van der Waals surface area contributed by atoms with Gasteiger partial charge in [0.05, 0.1) is 17.1 Å². The van der Waals surface area contributed by atoms with E-state index in [2.05, 4.69) is 10.3 Å². The van der Waals surface area contributed by atoms with E-state index in [9.17, 15) is 9.59 Å². The quantitative estimate of drug-likeness (QED) is 0.890. The van der Waals surface area contributed by atoms with Gasteiger partial charge < -0.3 is 10.4 Å². The molecule has 2 aromatic rings. The summed E-state index contributed by atoms with van der Waals surface area (Å²) in [5.41, 5.74) is 0.483. The molecular weight excluding hydrogens is 296 g/mol. The molecule has 0 bridgehead atoms. The summed E-state index contributed by atoms with van der Waals surface area (Å²) in [6.45, 7) is 3.94. The average Bonchev–Trinajstić information content (AvgIpc) is 3.02. The summed E-state index contributed by atoms with van der Waals surface area (Å²) < 4.78 is 0. The number of aryl methyl sites for hydroxylation is 2. The number of aromatic nitrogens is 1. The Hall–Kier alpha value is -1.73. The summed E-state index contributed by atoms with van der Waals surface area (Å²) in [5.74, 6) is -1.14. The number of aromatic carboxylic acids is 1. The first kappa shape index (κ1) is 14.7. The van der Waals surface area contributed by atoms with Crippen molar-refractivity contribution in [2.45, 2.75) is 26.8 Å². The first-order chi connectivity index (χ1) is 9.51. The van der Waals surface area contributed by atoms with Crippen molar-refractivity contribution in [1.29, 1.82) is 0 Å². The van der Waals surface area contributed by atoms with Crippen LogP contribution in [-0.4, -0.2) is 22.0 Å². The van der Waals surface area contributed by atoms with Crippen LogP contribution in [0.2, 0.25) is 0 Å². The molecule has 0 aliphatic carbocycles. The van der Waals surface area contributed by atoms with Gasteiger partial charge >= 0.3 is 5.97 Å². The van der Waals surface area contributed by atoms with Gasteiger partial charge in [0.25, 0.3) is 5.91 Å². The van der Waals surface area contributed by atoms with Crippen LogP contribution in [0.15, 0.2) is 12.1 Å². The number of carbonyl (C=O) groups excluding carboxylic acids is 1. The van der Waals surface area contributed by atoms with E-state index in [1.54, 1.807) is 13.0 Å². The van der Waals surface area contributed by atoms with Crippen LogP contribution in [0.25, 0.3) is 0 Å². The van der Waals surface area contributed by atoms with Gasteiger partial charge in [-0.15, -0.1) is 22.7 Å². The SMILES string of the molecule is CCc1ccc(C(=O)NCc2nc(C)c(C(=O)O)s2)s1. The average molecular weight is 310 g/mol. The van der Waals surface area contributed by atoms with Gasteiger partial charge in [-0.2, -0.15) is 0 Å². The molecule has 5 nitrogen and oxygen atoms in total. The number of hydrogen-bond acceptors (Lipinski definition) is 5. The molecule has 0 aliphatic heterocycles. The lowest BCUT2D eigenvalue weighted by Crippen LogP contribution is -2.21. The van der Waals surface area contributed by atoms with Crippen LogP contribution in [0.1, 0.15) is 41.8 Å². The summed E-state index contributed by atoms with van der Waals surface area (Å²) in [6, 6.07) is 3.74. The smallest absolute Gasteiger partial charge is 0.347 e. The molecule has 0 aliphatic rings. The summed E-state index contributed by atoms with van der Waals surface area (Å²) >= 11 is 2.56. The summed E-state index contributed by atoms with van der Waals surface area (Å²) in [7, 11) is 0. The van der Waals surface area contributed by atoms with Gasteiger partial charge in [0.2, 0.25) is 0 Å². The lowest BCUT2D eigenvalue weighted by atomic mass is 10.3. The highest BCUT2D eigenvalue weighted by molar-refractivity contribution is 7.14. The fourth-order valence-corrected chi connectivity index (χ4v) is 3.37. The second-order valence-electron chi connectivity index (χ2n) is 4.13. The number of hydrogen-bond donors (Lipinski definition) is 2. The van der Waals surface area contributed by atoms with Gasteiger partial charge in [0.15, 0.2) is 0 Å². The van der Waals surface area contributed by atoms with Crippen LogP contribution >= 0.6 is 22.7 Å². The van der Waals surface area contributed by atoms with E-state index in [4.69, 9.17) is 5.11 Å². The van der Waals surface area contributed by atoms with Crippen molar-refractivity contribution in [1.82, 2.24) is 10.3 Å². The largest absolute Gasteiger partial charge is 0.477 e. The van der Waals surface area contributed by atoms with E-state index in [1.807, 2.05) is 13.0 Å². The van der Waals surface area contributed by atoms with E-state index in [0.29, 0.717) is 15.6 Å². The Labute approximate surface area is 124 Å². The highest BCUT2D eigenvalue weighted by Crippen LogP contribution is 2.19. The first-order valence-electron chi connectivity index (χ1n) is 6.07. The van der Waals surface area contributed by atoms with E-state index in [0.717, 1.165) is 22.6 Å². The van der Waals surface area contributed by atoms with Crippen LogP contribution in [-0.2, 0) is 13.0 Å². The maximum atomic E-state index is 11.9. The third-order valence-corrected chi connectivity index (χ3v) is 5.04. The van der Waals surface area contributed by atoms with Crippen molar-refractivity contribution in [3.05, 3.63) is 37.5 Å². The van der Waals surface area contributed by atoms with Gasteiger partial charge in [0, 0.05) is 4.88 Å². The summed E-state index contributed by atoms with van der Waals surface area (Å²) in [4.78, 5) is 29.0. The number of nitrogens with one attached hydrogen (secondary N) is 1. The Kier molecular flexibility index (Phi) is 4.51. The number of thiophene rings is 1. The predicted octanol–water partition coefficient (Wildman–Crippen LogP) is 2.70. The van der Waals surface area contributed by atoms with Gasteiger partial charge in [-0.25, -0.2) is 9.78 Å². The van der Waals surface area contributed by atoms with Crippen LogP contribution in [0.5, 0.6) is 0 Å². The third kappa shape index (κ3) is 3.23. The number of nitrogens with zero attached hydrogens (tertiary/aromatic N) is 1. The minimum absolute atomic E-state index is 0.153. The minimum Gasteiger partial charge on any atom is -0.477 e. The Bertz CT molecular complexity index is 646. The van der Waals surface area contributed by atoms with E-state index in [1.165, 1.54) is 11.3 Å². The molecule has 0 aromatic carbocycles. The predicted molar refractivity (Wildman–Crippen MR) is 78.7 cm³/mol. The summed E-state index contributed by atoms with van der Waals surface area (Å²) in [5, 5.41) is 12.3. The third-order valence-electron chi connectivity index (χ3n) is 2.67. The number of carboxylic acid groups (broad SMARTS) is 1. The highest BCUT2D eigenvalue weighted by atomic mass is 32.1. The second kappa shape index (κ2) is 6.15. The van der Waals surface area contributed by atoms with Gasteiger partial charge in [0.1, 0.15) is 9.88 Å². The molecule has 20 heavy (non-hydrogen) atoms. The minimum atomic E-state index is -0.983. The Morgan fingerprint density at radius 1 is 1.35 bits per heavy atom. The first-order valence-corrected chi connectivity index (χ1v) is 7.71. The van der Waals surface area contributed by atoms with Crippen LogP contribution in [0.3, 0.4) is 0 Å². The highest BCUT2D eigenvalue weighted by Gasteiger charge is 2.15. The molecule has 0 spiro atoms. The molecule has 7 heteroatoms. The standard InChI is InChI=1S/C13H14N2O3S2/c1-3-8-4-5-9(19-8)12(16)14-6-10-15-7(2)11(20-10)13(17)18/h4-5H,3,6H2,1-2H3,(H,14,16)(H,17,18). The Morgan fingerprint density at radius 3 is 2.65 bits per heavy atom. The molecule has 2 rings (SSSR count). The Morgan fingerprint density at radius 2 is 2.10 bits per heavy atom. The monoisotopic (exact) mass is 310 g/mol. The molecule has 0 unspecified atom stereocenters. The van der Waals surface area contributed by atoms with Crippen LogP contribution < -0.4 is 5.32 Å². The van der Waals surface area contributed by atoms with Crippen molar-refractivity contribution in [3.63, 3.8) is 0 Å². The number of rotatable bonds is 5. The molecular formula is C13H14N2O3S2. The van der Waals surface area contributed by atoms with Crippen molar-refractivity contribution in [2.24, 2.45) is 0 Å². The summed E-state index contributed by atoms with van der Waals surface area (Å²) in [6.07, 6.45) is 0.908. The van der Waals surface area contributed by atoms with E-state index >= 15 is 0 Å². The molecule has 0 atom stereocenters. The van der Waals surface area contributed by atoms with Crippen LogP contribution in [0, 0.1) is 6.92 Å². The fourth-order valence-electron chi connectivity index (χ4n) is 1.66. The zero-order chi connectivity index (χ0) is 14.7. The molecule has 0 fully saturated rings. The lowest BCUT2D eigenvalue weighted by molar-refractivity contribution is 0.0701. The topological polar surface area (TPSA) is 79.3 Å². The fraction of sp³-hybridized carbons (Fsp3) is 0.308. The zero-order valence-corrected chi connectivity index (χ0v) is 12.7. The molecule has 2 aromatic heterocycles. The molecule has 0 radical (unpaired) electrons. The maximum absolute atomic E-state index is 11.9. The van der Waals surface area contributed by atoms with Crippen molar-refractivity contribution < 1.29 is 14.7 Å². The van der Waals surface area contributed by atoms with Crippen LogP contribution in [0.4, 0.5) is 0 Å². The normalized spacial score (nSPS) is 10.5. The number of thiazole rings is 1. The molecule has 1 amide bonds. The lowest BCUT2D eigenvalue weighted by Gasteiger charge is -1.99. The van der Waals surface area contributed by atoms with E-state index in [-0.39, 0.29) is 17.3 Å².